The van der Waals surface area contributed by atoms with E-state index in [1.807, 2.05) is 16.7 Å². The molecule has 17 heavy (non-hydrogen) atoms. The lowest BCUT2D eigenvalue weighted by Crippen LogP contribution is -2.43. The molecule has 2 saturated heterocycles. The first-order valence-electron chi connectivity index (χ1n) is 6.18. The minimum absolute atomic E-state index is 0.108. The van der Waals surface area contributed by atoms with Crippen molar-refractivity contribution in [3.8, 4) is 0 Å². The van der Waals surface area contributed by atoms with E-state index in [1.54, 1.807) is 0 Å². The van der Waals surface area contributed by atoms with Gasteiger partial charge in [0.25, 0.3) is 0 Å². The minimum Gasteiger partial charge on any atom is -0.370 e. The van der Waals surface area contributed by atoms with Crippen molar-refractivity contribution in [2.45, 2.75) is 12.8 Å². The molecular weight excluding hydrogens is 236 g/mol. The largest absolute Gasteiger partial charge is 0.370 e. The Labute approximate surface area is 106 Å². The first-order valence-corrected chi connectivity index (χ1v) is 7.33. The molecule has 1 amide bonds. The minimum atomic E-state index is 0.108. The van der Waals surface area contributed by atoms with Gasteiger partial charge in [-0.15, -0.1) is 0 Å². The predicted molar refractivity (Wildman–Crippen MR) is 71.2 cm³/mol. The van der Waals surface area contributed by atoms with E-state index in [4.69, 9.17) is 5.73 Å². The van der Waals surface area contributed by atoms with Crippen LogP contribution >= 0.6 is 11.8 Å². The van der Waals surface area contributed by atoms with Crippen LogP contribution in [0, 0.1) is 0 Å². The maximum atomic E-state index is 11.8. The number of carbonyl (C=O) groups excluding carboxylic acids is 1. The zero-order valence-corrected chi connectivity index (χ0v) is 10.9. The van der Waals surface area contributed by atoms with Crippen molar-refractivity contribution in [1.82, 2.24) is 9.80 Å². The zero-order valence-electron chi connectivity index (χ0n) is 10.1. The fraction of sp³-hybridized carbons (Fsp3) is 0.818. The van der Waals surface area contributed by atoms with Crippen LogP contribution in [0.15, 0.2) is 4.99 Å². The Hall–Kier alpha value is -0.910. The summed E-state index contributed by atoms with van der Waals surface area (Å²) in [5.74, 6) is 2.82. The molecule has 0 aromatic rings. The molecule has 0 bridgehead atoms. The Morgan fingerprint density at radius 3 is 2.41 bits per heavy atom. The Balaban J connectivity index is 1.79. The number of nitrogens with zero attached hydrogens (tertiary/aromatic N) is 3. The van der Waals surface area contributed by atoms with Gasteiger partial charge in [0.2, 0.25) is 5.91 Å². The van der Waals surface area contributed by atoms with Crippen molar-refractivity contribution in [2.24, 2.45) is 10.7 Å². The topological polar surface area (TPSA) is 61.9 Å². The van der Waals surface area contributed by atoms with E-state index in [1.165, 1.54) is 0 Å². The molecule has 0 spiro atoms. The van der Waals surface area contributed by atoms with E-state index in [-0.39, 0.29) is 12.5 Å². The van der Waals surface area contributed by atoms with Crippen LogP contribution in [0.2, 0.25) is 0 Å². The summed E-state index contributed by atoms with van der Waals surface area (Å²) in [7, 11) is 0. The van der Waals surface area contributed by atoms with Gasteiger partial charge in [-0.2, -0.15) is 11.8 Å². The monoisotopic (exact) mass is 256 g/mol. The van der Waals surface area contributed by atoms with Crippen LogP contribution in [-0.2, 0) is 4.79 Å². The smallest absolute Gasteiger partial charge is 0.244 e. The molecule has 2 fully saturated rings. The number of hydrogen-bond donors (Lipinski definition) is 1. The molecule has 2 N–H and O–H groups in total. The standard InChI is InChI=1S/C11H20N4OS/c12-11(15-5-7-17-8-6-15)13-9-10(16)14-3-1-2-4-14/h1-9H2,(H2,12,13). The number of carbonyl (C=O) groups is 1. The molecule has 2 heterocycles. The normalized spacial score (nSPS) is 22.0. The summed E-state index contributed by atoms with van der Waals surface area (Å²) in [6.07, 6.45) is 2.24. The number of nitrogens with two attached hydrogens (primary N) is 1. The molecular formula is C11H20N4OS. The fourth-order valence-electron chi connectivity index (χ4n) is 2.11. The Bertz CT molecular complexity index is 296. The summed E-state index contributed by atoms with van der Waals surface area (Å²) in [4.78, 5) is 19.9. The van der Waals surface area contributed by atoms with Gasteiger partial charge in [0.15, 0.2) is 5.96 Å². The predicted octanol–water partition coefficient (Wildman–Crippen LogP) is -0.0277. The lowest BCUT2D eigenvalue weighted by molar-refractivity contribution is -0.128. The lowest BCUT2D eigenvalue weighted by atomic mass is 10.4. The summed E-state index contributed by atoms with van der Waals surface area (Å²) < 4.78 is 0. The first kappa shape index (κ1) is 12.5. The molecule has 2 aliphatic rings. The maximum Gasteiger partial charge on any atom is 0.244 e. The fourth-order valence-corrected chi connectivity index (χ4v) is 3.01. The van der Waals surface area contributed by atoms with E-state index in [9.17, 15) is 4.79 Å². The average Bonchev–Trinajstić information content (AvgIpc) is 2.90. The summed E-state index contributed by atoms with van der Waals surface area (Å²) in [5.41, 5.74) is 5.89. The van der Waals surface area contributed by atoms with Crippen LogP contribution in [0.3, 0.4) is 0 Å². The first-order chi connectivity index (χ1) is 8.27. The van der Waals surface area contributed by atoms with E-state index in [0.29, 0.717) is 5.96 Å². The highest BCUT2D eigenvalue weighted by Gasteiger charge is 2.18. The molecule has 0 aromatic carbocycles. The number of amides is 1. The van der Waals surface area contributed by atoms with Gasteiger partial charge in [-0.05, 0) is 12.8 Å². The van der Waals surface area contributed by atoms with E-state index >= 15 is 0 Å². The number of hydrogen-bond acceptors (Lipinski definition) is 3. The third-order valence-corrected chi connectivity index (χ3v) is 4.11. The molecule has 0 aliphatic carbocycles. The SMILES string of the molecule is NC(=NCC(=O)N1CCCC1)N1CCSCC1. The quantitative estimate of drug-likeness (QED) is 0.557. The summed E-state index contributed by atoms with van der Waals surface area (Å²) in [5, 5.41) is 0. The lowest BCUT2D eigenvalue weighted by Gasteiger charge is -2.27. The van der Waals surface area contributed by atoms with Crippen LogP contribution < -0.4 is 5.73 Å². The highest BCUT2D eigenvalue weighted by Crippen LogP contribution is 2.09. The Kier molecular flexibility index (Phi) is 4.53. The summed E-state index contributed by atoms with van der Waals surface area (Å²) in [6, 6.07) is 0. The third kappa shape index (κ3) is 3.52. The van der Waals surface area contributed by atoms with Crippen LogP contribution in [0.5, 0.6) is 0 Å². The molecule has 0 radical (unpaired) electrons. The van der Waals surface area contributed by atoms with Crippen molar-refractivity contribution >= 4 is 23.6 Å². The molecule has 0 aromatic heterocycles. The second kappa shape index (κ2) is 6.14. The number of aliphatic imine (C=N–C) groups is 1. The molecule has 96 valence electrons. The van der Waals surface area contributed by atoms with Gasteiger partial charge < -0.3 is 15.5 Å². The number of rotatable bonds is 2. The molecule has 2 rings (SSSR count). The molecule has 5 nitrogen and oxygen atoms in total. The Morgan fingerprint density at radius 1 is 1.12 bits per heavy atom. The van der Waals surface area contributed by atoms with Crippen LogP contribution in [0.25, 0.3) is 0 Å². The highest BCUT2D eigenvalue weighted by molar-refractivity contribution is 7.99. The summed E-state index contributed by atoms with van der Waals surface area (Å²) in [6.45, 7) is 3.86. The zero-order chi connectivity index (χ0) is 12.1. The highest BCUT2D eigenvalue weighted by atomic mass is 32.2. The molecule has 0 unspecified atom stereocenters. The van der Waals surface area contributed by atoms with Crippen LogP contribution in [0.4, 0.5) is 0 Å². The van der Waals surface area contributed by atoms with Gasteiger partial charge in [-0.25, -0.2) is 4.99 Å². The summed E-state index contributed by atoms with van der Waals surface area (Å²) >= 11 is 1.93. The number of likely N-dealkylation sites (tertiary alicyclic amines) is 1. The van der Waals surface area contributed by atoms with Crippen molar-refractivity contribution in [1.29, 1.82) is 0 Å². The van der Waals surface area contributed by atoms with Gasteiger partial charge in [-0.3, -0.25) is 4.79 Å². The molecule has 2 aliphatic heterocycles. The molecule has 0 saturated carbocycles. The van der Waals surface area contributed by atoms with Crippen LogP contribution in [0.1, 0.15) is 12.8 Å². The molecule has 6 heteroatoms. The van der Waals surface area contributed by atoms with E-state index in [0.717, 1.165) is 50.5 Å². The van der Waals surface area contributed by atoms with Gasteiger partial charge in [0.1, 0.15) is 6.54 Å². The van der Waals surface area contributed by atoms with Crippen LogP contribution in [-0.4, -0.2) is 65.9 Å². The van der Waals surface area contributed by atoms with Gasteiger partial charge in [-0.1, -0.05) is 0 Å². The van der Waals surface area contributed by atoms with Crippen molar-refractivity contribution in [3.05, 3.63) is 0 Å². The number of guanidine groups is 1. The second-order valence-electron chi connectivity index (χ2n) is 4.36. The van der Waals surface area contributed by atoms with Gasteiger partial charge in [0.05, 0.1) is 0 Å². The maximum absolute atomic E-state index is 11.8. The van der Waals surface area contributed by atoms with E-state index in [2.05, 4.69) is 9.89 Å². The average molecular weight is 256 g/mol. The van der Waals surface area contributed by atoms with E-state index < -0.39 is 0 Å². The van der Waals surface area contributed by atoms with Crippen molar-refractivity contribution < 1.29 is 4.79 Å². The van der Waals surface area contributed by atoms with Crippen molar-refractivity contribution in [2.75, 3.05) is 44.2 Å². The van der Waals surface area contributed by atoms with Crippen molar-refractivity contribution in [3.63, 3.8) is 0 Å². The molecule has 0 atom stereocenters. The number of thioether (sulfide) groups is 1. The Morgan fingerprint density at radius 2 is 1.76 bits per heavy atom. The van der Waals surface area contributed by atoms with Gasteiger partial charge in [0, 0.05) is 37.7 Å². The second-order valence-corrected chi connectivity index (χ2v) is 5.59. The third-order valence-electron chi connectivity index (χ3n) is 3.17. The van der Waals surface area contributed by atoms with Gasteiger partial charge >= 0.3 is 0 Å².